The number of allylic oxidation sites excluding steroid dienone is 9. The van der Waals surface area contributed by atoms with Crippen molar-refractivity contribution >= 4 is 5.91 Å². The number of rotatable bonds is 51. The normalized spacial score (nSPS) is 29.0. The van der Waals surface area contributed by atoms with Gasteiger partial charge in [0.15, 0.2) is 18.9 Å². The van der Waals surface area contributed by atoms with Crippen molar-refractivity contribution in [3.8, 4) is 0 Å². The minimum absolute atomic E-state index is 0.234. The first-order valence-corrected chi connectivity index (χ1v) is 34.0. The lowest BCUT2D eigenvalue weighted by molar-refractivity contribution is -0.379. The Morgan fingerprint density at radius 1 is 0.414 bits per heavy atom. The monoisotopic (exact) mass is 1240 g/mol. The molecule has 19 heteroatoms. The molecule has 3 aliphatic rings. The topological polar surface area (TPSA) is 307 Å². The molecule has 506 valence electrons. The summed E-state index contributed by atoms with van der Waals surface area (Å²) in [5.74, 6) is -0.288. The summed E-state index contributed by atoms with van der Waals surface area (Å²) in [5.41, 5.74) is 0. The number of hydrogen-bond donors (Lipinski definition) is 12. The molecule has 0 aromatic carbocycles. The maximum Gasteiger partial charge on any atom is 0.220 e. The second kappa shape index (κ2) is 50.1. The summed E-state index contributed by atoms with van der Waals surface area (Å²) in [5, 5.41) is 120. The first-order chi connectivity index (χ1) is 42.3. The zero-order chi connectivity index (χ0) is 63.3. The van der Waals surface area contributed by atoms with E-state index in [0.717, 1.165) is 51.4 Å². The van der Waals surface area contributed by atoms with Crippen LogP contribution in [0.1, 0.15) is 232 Å². The third kappa shape index (κ3) is 32.6. The van der Waals surface area contributed by atoms with Crippen molar-refractivity contribution in [3.05, 3.63) is 60.8 Å². The van der Waals surface area contributed by atoms with Crippen LogP contribution in [0.5, 0.6) is 0 Å². The van der Waals surface area contributed by atoms with E-state index < -0.39 is 124 Å². The zero-order valence-electron chi connectivity index (χ0n) is 53.2. The number of hydrogen-bond acceptors (Lipinski definition) is 18. The van der Waals surface area contributed by atoms with Crippen LogP contribution in [-0.4, -0.2) is 193 Å². The molecule has 19 nitrogen and oxygen atoms in total. The molecule has 87 heavy (non-hydrogen) atoms. The lowest BCUT2D eigenvalue weighted by Crippen LogP contribution is -2.66. The van der Waals surface area contributed by atoms with Crippen LogP contribution in [0, 0.1) is 0 Å². The van der Waals surface area contributed by atoms with E-state index in [-0.39, 0.29) is 18.9 Å². The molecule has 3 rings (SSSR count). The van der Waals surface area contributed by atoms with Gasteiger partial charge >= 0.3 is 0 Å². The molecule has 3 saturated heterocycles. The number of ether oxygens (including phenoxy) is 6. The average molecular weight is 1240 g/mol. The molecular weight excluding hydrogens is 1120 g/mol. The lowest BCUT2D eigenvalue weighted by atomic mass is 9.96. The number of aliphatic hydroxyl groups is 11. The molecule has 0 bridgehead atoms. The highest BCUT2D eigenvalue weighted by atomic mass is 16.8. The molecular formula is C68H121NO18. The Balaban J connectivity index is 1.37. The fraction of sp³-hybridized carbons (Fsp3) is 0.838. The highest BCUT2D eigenvalue weighted by Crippen LogP contribution is 2.33. The van der Waals surface area contributed by atoms with Crippen LogP contribution < -0.4 is 5.32 Å². The minimum Gasteiger partial charge on any atom is -0.394 e. The summed E-state index contributed by atoms with van der Waals surface area (Å²) < 4.78 is 34.2. The molecule has 1 amide bonds. The van der Waals surface area contributed by atoms with Crippen molar-refractivity contribution < 1.29 is 89.4 Å². The second-order valence-corrected chi connectivity index (χ2v) is 24.3. The highest BCUT2D eigenvalue weighted by molar-refractivity contribution is 5.76. The molecule has 12 N–H and O–H groups in total. The summed E-state index contributed by atoms with van der Waals surface area (Å²) in [6, 6.07) is -0.990. The summed E-state index contributed by atoms with van der Waals surface area (Å²) in [6.45, 7) is 1.66. The van der Waals surface area contributed by atoms with E-state index in [0.29, 0.717) is 12.8 Å². The quantitative estimate of drug-likeness (QED) is 0.0201. The van der Waals surface area contributed by atoms with E-state index in [4.69, 9.17) is 28.4 Å². The fourth-order valence-corrected chi connectivity index (χ4v) is 11.2. The summed E-state index contributed by atoms with van der Waals surface area (Å²) in [4.78, 5) is 13.4. The molecule has 0 aliphatic carbocycles. The molecule has 3 fully saturated rings. The van der Waals surface area contributed by atoms with Crippen LogP contribution in [0.4, 0.5) is 0 Å². The Morgan fingerprint density at radius 2 is 0.770 bits per heavy atom. The van der Waals surface area contributed by atoms with Crippen molar-refractivity contribution in [2.45, 2.75) is 336 Å². The third-order valence-electron chi connectivity index (χ3n) is 16.8. The van der Waals surface area contributed by atoms with Crippen molar-refractivity contribution in [3.63, 3.8) is 0 Å². The van der Waals surface area contributed by atoms with Crippen molar-refractivity contribution in [1.82, 2.24) is 5.32 Å². The molecule has 0 spiro atoms. The van der Waals surface area contributed by atoms with Crippen molar-refractivity contribution in [2.24, 2.45) is 0 Å². The Labute approximate surface area is 522 Å². The second-order valence-electron chi connectivity index (χ2n) is 24.3. The van der Waals surface area contributed by atoms with Crippen LogP contribution >= 0.6 is 0 Å². The number of amides is 1. The predicted molar refractivity (Wildman–Crippen MR) is 337 cm³/mol. The van der Waals surface area contributed by atoms with Crippen LogP contribution in [0.3, 0.4) is 0 Å². The maximum atomic E-state index is 13.4. The van der Waals surface area contributed by atoms with Crippen molar-refractivity contribution in [2.75, 3.05) is 26.4 Å². The lowest BCUT2D eigenvalue weighted by Gasteiger charge is -2.48. The fourth-order valence-electron chi connectivity index (χ4n) is 11.2. The first kappa shape index (κ1) is 78.7. The average Bonchev–Trinajstić information content (AvgIpc) is 3.71. The third-order valence-corrected chi connectivity index (χ3v) is 16.8. The number of carbonyl (C=O) groups is 1. The van der Waals surface area contributed by atoms with Gasteiger partial charge in [-0.3, -0.25) is 4.79 Å². The summed E-state index contributed by atoms with van der Waals surface area (Å²) in [7, 11) is 0. The van der Waals surface area contributed by atoms with E-state index in [9.17, 15) is 61.0 Å². The van der Waals surface area contributed by atoms with Gasteiger partial charge in [-0.15, -0.1) is 0 Å². The van der Waals surface area contributed by atoms with E-state index in [1.165, 1.54) is 148 Å². The van der Waals surface area contributed by atoms with Gasteiger partial charge in [0.05, 0.1) is 38.6 Å². The van der Waals surface area contributed by atoms with Gasteiger partial charge in [0.1, 0.15) is 73.2 Å². The number of unbranched alkanes of at least 4 members (excludes halogenated alkanes) is 27. The van der Waals surface area contributed by atoms with E-state index in [2.05, 4.69) is 67.8 Å². The van der Waals surface area contributed by atoms with E-state index in [1.807, 2.05) is 6.08 Å². The standard InChI is InChI=1S/C68H121NO18/c1-3-5-7-9-11-13-15-16-17-18-19-20-21-22-23-24-25-26-27-28-29-30-31-32-33-34-36-38-40-42-44-46-56(74)69-51(52(73)45-43-41-39-37-35-14-12-10-8-6-4-2)50-82-66-62(80)59(77)64(54(48-71)84-66)87-68-63(81)60(78)65(55(49-72)85-68)86-67-61(79)58(76)57(75)53(47-70)83-67/h15-16,18-19,21-22,35,37,43,45,51-55,57-68,70-73,75-81H,3-14,17,20,23-34,36,38-42,44,46-50H2,1-2H3,(H,69,74)/b16-15-,19-18-,22-21-,37-35+,45-43+. The van der Waals surface area contributed by atoms with E-state index >= 15 is 0 Å². The summed E-state index contributed by atoms with van der Waals surface area (Å²) in [6.07, 6.45) is 33.7. The van der Waals surface area contributed by atoms with Gasteiger partial charge in [0.25, 0.3) is 0 Å². The molecule has 3 heterocycles. The van der Waals surface area contributed by atoms with Gasteiger partial charge in [-0.05, 0) is 70.6 Å². The maximum absolute atomic E-state index is 13.4. The first-order valence-electron chi connectivity index (χ1n) is 34.0. The Bertz CT molecular complexity index is 1820. The smallest absolute Gasteiger partial charge is 0.220 e. The number of aliphatic hydroxyl groups excluding tert-OH is 11. The Hall–Kier alpha value is -2.51. The van der Waals surface area contributed by atoms with Gasteiger partial charge in [-0.25, -0.2) is 0 Å². The molecule has 3 aliphatic heterocycles. The largest absolute Gasteiger partial charge is 0.394 e. The zero-order valence-corrected chi connectivity index (χ0v) is 53.2. The van der Waals surface area contributed by atoms with E-state index in [1.54, 1.807) is 6.08 Å². The summed E-state index contributed by atoms with van der Waals surface area (Å²) >= 11 is 0. The molecule has 0 aromatic heterocycles. The van der Waals surface area contributed by atoms with Crippen LogP contribution in [0.15, 0.2) is 60.8 Å². The van der Waals surface area contributed by atoms with Gasteiger partial charge < -0.3 is 89.9 Å². The van der Waals surface area contributed by atoms with Crippen LogP contribution in [-0.2, 0) is 33.2 Å². The van der Waals surface area contributed by atoms with Gasteiger partial charge in [-0.1, -0.05) is 216 Å². The van der Waals surface area contributed by atoms with Crippen LogP contribution in [0.2, 0.25) is 0 Å². The Morgan fingerprint density at radius 3 is 1.23 bits per heavy atom. The minimum atomic E-state index is -1.98. The molecule has 0 saturated carbocycles. The molecule has 17 atom stereocenters. The number of carbonyl (C=O) groups excluding carboxylic acids is 1. The van der Waals surface area contributed by atoms with Gasteiger partial charge in [0.2, 0.25) is 5.91 Å². The molecule has 0 aromatic rings. The highest BCUT2D eigenvalue weighted by Gasteiger charge is 2.53. The predicted octanol–water partition coefficient (Wildman–Crippen LogP) is 8.38. The SMILES string of the molecule is CCCCCCC/C=C\C/C=C\C/C=C\CCCCCCCCCCCCCCCCCCC(=O)NC(COC1OC(CO)C(OC2OC(CO)C(OC3OC(CO)C(O)C(O)C3O)C(O)C2O)C(O)C1O)C(O)/C=C/CC/C=C/CCCCCCC. The van der Waals surface area contributed by atoms with Gasteiger partial charge in [-0.2, -0.15) is 0 Å². The van der Waals surface area contributed by atoms with Crippen molar-refractivity contribution in [1.29, 1.82) is 0 Å². The molecule has 0 radical (unpaired) electrons. The van der Waals surface area contributed by atoms with Gasteiger partial charge in [0, 0.05) is 6.42 Å². The van der Waals surface area contributed by atoms with Crippen LogP contribution in [0.25, 0.3) is 0 Å². The Kier molecular flexibility index (Phi) is 45.3. The molecule has 17 unspecified atom stereocenters. The number of nitrogens with one attached hydrogen (secondary N) is 1.